The van der Waals surface area contributed by atoms with Gasteiger partial charge in [0.05, 0.1) is 12.1 Å². The minimum Gasteiger partial charge on any atom is -0.374 e. The second-order valence-electron chi connectivity index (χ2n) is 5.42. The number of nitrogens with one attached hydrogen (secondary N) is 2. The lowest BCUT2D eigenvalue weighted by Crippen LogP contribution is -2.40. The van der Waals surface area contributed by atoms with Gasteiger partial charge in [0.2, 0.25) is 5.91 Å². The van der Waals surface area contributed by atoms with Gasteiger partial charge in [0.1, 0.15) is 0 Å². The predicted octanol–water partition coefficient (Wildman–Crippen LogP) is 2.09. The van der Waals surface area contributed by atoms with Crippen LogP contribution in [0.2, 0.25) is 0 Å². The van der Waals surface area contributed by atoms with Gasteiger partial charge in [-0.1, -0.05) is 17.7 Å². The van der Waals surface area contributed by atoms with Crippen molar-refractivity contribution in [3.05, 3.63) is 29.8 Å². The van der Waals surface area contributed by atoms with Gasteiger partial charge in [-0.05, 0) is 38.8 Å². The summed E-state index contributed by atoms with van der Waals surface area (Å²) in [5.41, 5.74) is 1.91. The normalized spacial score (nSPS) is 22.4. The van der Waals surface area contributed by atoms with E-state index in [0.717, 1.165) is 25.1 Å². The number of ether oxygens (including phenoxy) is 1. The van der Waals surface area contributed by atoms with Gasteiger partial charge in [-0.25, -0.2) is 0 Å². The summed E-state index contributed by atoms with van der Waals surface area (Å²) in [4.78, 5) is 11.8. The maximum absolute atomic E-state index is 11.8. The van der Waals surface area contributed by atoms with E-state index >= 15 is 0 Å². The number of hydrogen-bond acceptors (Lipinski definition) is 3. The molecule has 104 valence electrons. The molecule has 0 aromatic heterocycles. The molecule has 0 radical (unpaired) electrons. The molecule has 19 heavy (non-hydrogen) atoms. The summed E-state index contributed by atoms with van der Waals surface area (Å²) < 4.78 is 5.66. The van der Waals surface area contributed by atoms with Crippen LogP contribution in [0.3, 0.4) is 0 Å². The number of amides is 1. The molecular formula is C15H22N2O2. The van der Waals surface area contributed by atoms with Crippen LogP contribution in [0.4, 0.5) is 5.69 Å². The lowest BCUT2D eigenvalue weighted by molar-refractivity contribution is -0.115. The van der Waals surface area contributed by atoms with E-state index in [1.54, 1.807) is 0 Å². The Labute approximate surface area is 114 Å². The Hall–Kier alpha value is -1.39. The molecule has 0 bridgehead atoms. The number of carbonyl (C=O) groups is 1. The Morgan fingerprint density at radius 1 is 1.37 bits per heavy atom. The van der Waals surface area contributed by atoms with E-state index in [-0.39, 0.29) is 11.5 Å². The molecule has 1 saturated heterocycles. The fourth-order valence-corrected chi connectivity index (χ4v) is 2.26. The van der Waals surface area contributed by atoms with Crippen molar-refractivity contribution in [1.29, 1.82) is 0 Å². The van der Waals surface area contributed by atoms with Crippen LogP contribution in [0, 0.1) is 6.92 Å². The number of carbonyl (C=O) groups excluding carboxylic acids is 1. The van der Waals surface area contributed by atoms with Crippen LogP contribution < -0.4 is 10.6 Å². The van der Waals surface area contributed by atoms with Gasteiger partial charge in [-0.15, -0.1) is 0 Å². The van der Waals surface area contributed by atoms with Gasteiger partial charge in [0.25, 0.3) is 0 Å². The zero-order valence-electron chi connectivity index (χ0n) is 11.7. The highest BCUT2D eigenvalue weighted by Crippen LogP contribution is 2.23. The van der Waals surface area contributed by atoms with Crippen LogP contribution >= 0.6 is 0 Å². The molecular weight excluding hydrogens is 240 g/mol. The van der Waals surface area contributed by atoms with Gasteiger partial charge in [-0.3, -0.25) is 4.79 Å². The molecule has 1 aromatic rings. The van der Waals surface area contributed by atoms with Crippen LogP contribution in [-0.2, 0) is 9.53 Å². The maximum Gasteiger partial charge on any atom is 0.238 e. The van der Waals surface area contributed by atoms with Crippen molar-refractivity contribution in [2.24, 2.45) is 0 Å². The molecule has 2 rings (SSSR count). The number of benzene rings is 1. The van der Waals surface area contributed by atoms with Crippen LogP contribution in [0.15, 0.2) is 24.3 Å². The second kappa shape index (κ2) is 6.17. The first-order valence-electron chi connectivity index (χ1n) is 6.79. The highest BCUT2D eigenvalue weighted by Gasteiger charge is 2.29. The van der Waals surface area contributed by atoms with Gasteiger partial charge >= 0.3 is 0 Å². The first-order chi connectivity index (χ1) is 9.07. The van der Waals surface area contributed by atoms with Gasteiger partial charge in [0.15, 0.2) is 0 Å². The average Bonchev–Trinajstić information content (AvgIpc) is 2.79. The SMILES string of the molecule is Cc1ccc(NC(=O)CNCC2(C)CCCO2)cc1. The van der Waals surface area contributed by atoms with E-state index in [0.29, 0.717) is 13.1 Å². The van der Waals surface area contributed by atoms with Gasteiger partial charge < -0.3 is 15.4 Å². The van der Waals surface area contributed by atoms with Crippen LogP contribution in [0.1, 0.15) is 25.3 Å². The molecule has 0 aliphatic carbocycles. The zero-order valence-corrected chi connectivity index (χ0v) is 11.7. The molecule has 1 heterocycles. The van der Waals surface area contributed by atoms with Crippen LogP contribution in [0.5, 0.6) is 0 Å². The molecule has 4 heteroatoms. The highest BCUT2D eigenvalue weighted by atomic mass is 16.5. The van der Waals surface area contributed by atoms with Crippen molar-refractivity contribution in [3.63, 3.8) is 0 Å². The predicted molar refractivity (Wildman–Crippen MR) is 76.3 cm³/mol. The lowest BCUT2D eigenvalue weighted by atomic mass is 10.0. The summed E-state index contributed by atoms with van der Waals surface area (Å²) in [5.74, 6) is -0.0227. The Bertz CT molecular complexity index is 422. The smallest absolute Gasteiger partial charge is 0.238 e. The molecule has 1 unspecified atom stereocenters. The van der Waals surface area contributed by atoms with Crippen molar-refractivity contribution in [3.8, 4) is 0 Å². The standard InChI is InChI=1S/C15H22N2O2/c1-12-4-6-13(7-5-12)17-14(18)10-16-11-15(2)8-3-9-19-15/h4-7,16H,3,8-11H2,1-2H3,(H,17,18). The topological polar surface area (TPSA) is 50.4 Å². The molecule has 0 saturated carbocycles. The summed E-state index contributed by atoms with van der Waals surface area (Å²) in [7, 11) is 0. The first kappa shape index (κ1) is 14.0. The van der Waals surface area contributed by atoms with E-state index in [4.69, 9.17) is 4.74 Å². The van der Waals surface area contributed by atoms with E-state index in [9.17, 15) is 4.79 Å². The zero-order chi connectivity index (χ0) is 13.7. The van der Waals surface area contributed by atoms with E-state index in [1.807, 2.05) is 31.2 Å². The average molecular weight is 262 g/mol. The number of rotatable bonds is 5. The molecule has 1 aliphatic rings. The lowest BCUT2D eigenvalue weighted by Gasteiger charge is -2.23. The van der Waals surface area contributed by atoms with Crippen molar-refractivity contribution in [1.82, 2.24) is 5.32 Å². The summed E-state index contributed by atoms with van der Waals surface area (Å²) in [5, 5.41) is 6.03. The molecule has 1 atom stereocenters. The Balaban J connectivity index is 1.71. The third-order valence-electron chi connectivity index (χ3n) is 3.42. The molecule has 4 nitrogen and oxygen atoms in total. The summed E-state index contributed by atoms with van der Waals surface area (Å²) in [6.07, 6.45) is 2.16. The molecule has 1 amide bonds. The largest absolute Gasteiger partial charge is 0.374 e. The second-order valence-corrected chi connectivity index (χ2v) is 5.42. The number of anilines is 1. The van der Waals surface area contributed by atoms with Crippen molar-refractivity contribution >= 4 is 11.6 Å². The minimum atomic E-state index is -0.107. The van der Waals surface area contributed by atoms with E-state index in [1.165, 1.54) is 5.56 Å². The van der Waals surface area contributed by atoms with Crippen molar-refractivity contribution in [2.75, 3.05) is 25.0 Å². The minimum absolute atomic E-state index is 0.0227. The monoisotopic (exact) mass is 262 g/mol. The van der Waals surface area contributed by atoms with Crippen molar-refractivity contribution in [2.45, 2.75) is 32.3 Å². The maximum atomic E-state index is 11.8. The summed E-state index contributed by atoms with van der Waals surface area (Å²) in [6, 6.07) is 7.79. The van der Waals surface area contributed by atoms with Crippen LogP contribution in [0.25, 0.3) is 0 Å². The third kappa shape index (κ3) is 4.33. The third-order valence-corrected chi connectivity index (χ3v) is 3.42. The highest BCUT2D eigenvalue weighted by molar-refractivity contribution is 5.92. The Kier molecular flexibility index (Phi) is 4.56. The number of hydrogen-bond donors (Lipinski definition) is 2. The molecule has 2 N–H and O–H groups in total. The Morgan fingerprint density at radius 2 is 2.11 bits per heavy atom. The molecule has 1 aliphatic heterocycles. The Morgan fingerprint density at radius 3 is 2.74 bits per heavy atom. The first-order valence-corrected chi connectivity index (χ1v) is 6.79. The number of aryl methyl sites for hydroxylation is 1. The van der Waals surface area contributed by atoms with Gasteiger partial charge in [-0.2, -0.15) is 0 Å². The summed E-state index contributed by atoms with van der Waals surface area (Å²) in [6.45, 7) is 5.97. The van der Waals surface area contributed by atoms with Crippen LogP contribution in [-0.4, -0.2) is 31.2 Å². The quantitative estimate of drug-likeness (QED) is 0.854. The van der Waals surface area contributed by atoms with E-state index in [2.05, 4.69) is 17.6 Å². The summed E-state index contributed by atoms with van der Waals surface area (Å²) >= 11 is 0. The van der Waals surface area contributed by atoms with Gasteiger partial charge in [0, 0.05) is 18.8 Å². The van der Waals surface area contributed by atoms with E-state index < -0.39 is 0 Å². The molecule has 0 spiro atoms. The fraction of sp³-hybridized carbons (Fsp3) is 0.533. The van der Waals surface area contributed by atoms with Crippen molar-refractivity contribution < 1.29 is 9.53 Å². The fourth-order valence-electron chi connectivity index (χ4n) is 2.26. The molecule has 1 fully saturated rings. The molecule has 1 aromatic carbocycles.